The van der Waals surface area contributed by atoms with Crippen molar-refractivity contribution in [3.05, 3.63) is 54.6 Å². The van der Waals surface area contributed by atoms with Crippen LogP contribution in [0.4, 0.5) is 0 Å². The number of pyridine rings is 1. The molecule has 0 bridgehead atoms. The summed E-state index contributed by atoms with van der Waals surface area (Å²) in [6.45, 7) is 3.11. The minimum absolute atomic E-state index is 0.542. The lowest BCUT2D eigenvalue weighted by molar-refractivity contribution is -0.0497. The molecule has 4 rings (SSSR count). The lowest BCUT2D eigenvalue weighted by Crippen LogP contribution is -2.28. The van der Waals surface area contributed by atoms with Crippen LogP contribution in [0, 0.1) is 0 Å². The van der Waals surface area contributed by atoms with Gasteiger partial charge in [0.05, 0.1) is 17.5 Å². The molecule has 0 aliphatic rings. The molecule has 3 N–H and O–H groups in total. The fraction of sp³-hybridized carbons (Fsp3) is 0.222. The van der Waals surface area contributed by atoms with Crippen molar-refractivity contribution in [1.29, 1.82) is 0 Å². The minimum atomic E-state index is -1.25. The van der Waals surface area contributed by atoms with Crippen molar-refractivity contribution < 1.29 is 10.2 Å². The summed E-state index contributed by atoms with van der Waals surface area (Å²) in [7, 11) is 0. The second kappa shape index (κ2) is 6.01. The molecule has 8 nitrogen and oxygen atoms in total. The molecule has 0 fully saturated rings. The lowest BCUT2D eigenvalue weighted by Gasteiger charge is -2.24. The Morgan fingerprint density at radius 3 is 2.77 bits per heavy atom. The summed E-state index contributed by atoms with van der Waals surface area (Å²) in [5.74, 6) is 0.673. The van der Waals surface area contributed by atoms with E-state index in [2.05, 4.69) is 25.3 Å². The first-order valence-electron chi connectivity index (χ1n) is 8.14. The summed E-state index contributed by atoms with van der Waals surface area (Å²) in [6, 6.07) is 9.49. The molecule has 1 aromatic carbocycles. The minimum Gasteiger partial charge on any atom is -0.387 e. The topological polar surface area (TPSA) is 113 Å². The Balaban J connectivity index is 1.76. The molecule has 0 spiro atoms. The quantitative estimate of drug-likeness (QED) is 0.519. The van der Waals surface area contributed by atoms with Gasteiger partial charge in [-0.1, -0.05) is 12.1 Å². The zero-order chi connectivity index (χ0) is 18.3. The molecule has 26 heavy (non-hydrogen) atoms. The molecule has 0 aliphatic heterocycles. The van der Waals surface area contributed by atoms with Crippen LogP contribution in [0.2, 0.25) is 0 Å². The van der Waals surface area contributed by atoms with Gasteiger partial charge in [-0.2, -0.15) is 5.10 Å². The fourth-order valence-electron chi connectivity index (χ4n) is 2.82. The van der Waals surface area contributed by atoms with Gasteiger partial charge in [-0.05, 0) is 32.0 Å². The number of nitrogens with zero attached hydrogens (tertiary/aromatic N) is 5. The zero-order valence-electron chi connectivity index (χ0n) is 14.3. The number of benzene rings is 1. The van der Waals surface area contributed by atoms with Crippen molar-refractivity contribution in [2.45, 2.75) is 25.6 Å². The van der Waals surface area contributed by atoms with Crippen LogP contribution in [0.25, 0.3) is 28.1 Å². The molecule has 0 saturated carbocycles. The second-order valence-corrected chi connectivity index (χ2v) is 6.68. The molecule has 0 radical (unpaired) electrons. The van der Waals surface area contributed by atoms with E-state index in [4.69, 9.17) is 0 Å². The Morgan fingerprint density at radius 1 is 1.19 bits per heavy atom. The average Bonchev–Trinajstić information content (AvgIpc) is 3.29. The van der Waals surface area contributed by atoms with Crippen molar-refractivity contribution in [3.8, 4) is 17.1 Å². The number of aromatic amines is 1. The van der Waals surface area contributed by atoms with Crippen LogP contribution >= 0.6 is 0 Å². The number of aromatic nitrogens is 6. The molecular weight excluding hydrogens is 332 g/mol. The first-order chi connectivity index (χ1) is 12.4. The van der Waals surface area contributed by atoms with E-state index >= 15 is 0 Å². The zero-order valence-corrected chi connectivity index (χ0v) is 14.3. The highest BCUT2D eigenvalue weighted by atomic mass is 16.3. The number of aliphatic hydroxyl groups excluding tert-OH is 1. The van der Waals surface area contributed by atoms with E-state index in [1.165, 1.54) is 6.33 Å². The summed E-state index contributed by atoms with van der Waals surface area (Å²) in [5, 5.41) is 33.3. The molecule has 3 aromatic heterocycles. The second-order valence-electron chi connectivity index (χ2n) is 6.68. The predicted molar refractivity (Wildman–Crippen MR) is 95.5 cm³/mol. The Morgan fingerprint density at radius 2 is 2.04 bits per heavy atom. The van der Waals surface area contributed by atoms with Crippen LogP contribution in [-0.4, -0.2) is 45.8 Å². The van der Waals surface area contributed by atoms with Gasteiger partial charge in [0.15, 0.2) is 11.5 Å². The number of hydrogen-bond acceptors (Lipinski definition) is 6. The third kappa shape index (κ3) is 2.85. The summed E-state index contributed by atoms with van der Waals surface area (Å²) >= 11 is 0. The molecular formula is C18H18N6O2. The van der Waals surface area contributed by atoms with Gasteiger partial charge in [-0.25, -0.2) is 9.67 Å². The van der Waals surface area contributed by atoms with Crippen molar-refractivity contribution >= 4 is 11.0 Å². The smallest absolute Gasteiger partial charge is 0.162 e. The van der Waals surface area contributed by atoms with Crippen molar-refractivity contribution in [2.24, 2.45) is 0 Å². The standard InChI is InChI=1S/C18H18N6O2/c1-18(2,26)15(25)12-6-13-9-22-24(17(13)19-8-12)14-5-3-4-11(7-14)16-20-10-21-23-16/h3-10,15,25-26H,1-2H3,(H,20,21,23). The van der Waals surface area contributed by atoms with E-state index in [0.717, 1.165) is 16.6 Å². The molecule has 1 unspecified atom stereocenters. The number of aliphatic hydroxyl groups is 2. The van der Waals surface area contributed by atoms with Gasteiger partial charge in [0.2, 0.25) is 0 Å². The normalized spacial score (nSPS) is 13.2. The van der Waals surface area contributed by atoms with E-state index in [1.807, 2.05) is 24.3 Å². The maximum atomic E-state index is 10.2. The average molecular weight is 350 g/mol. The van der Waals surface area contributed by atoms with E-state index < -0.39 is 11.7 Å². The number of H-pyrrole nitrogens is 1. The Kier molecular flexibility index (Phi) is 3.78. The first-order valence-corrected chi connectivity index (χ1v) is 8.14. The highest BCUT2D eigenvalue weighted by molar-refractivity contribution is 5.77. The molecule has 0 amide bonds. The highest BCUT2D eigenvalue weighted by Gasteiger charge is 2.26. The van der Waals surface area contributed by atoms with Crippen molar-refractivity contribution in [1.82, 2.24) is 29.9 Å². The van der Waals surface area contributed by atoms with Gasteiger partial charge < -0.3 is 15.2 Å². The maximum absolute atomic E-state index is 10.2. The Labute approximate surface area is 149 Å². The number of hydrogen-bond donors (Lipinski definition) is 3. The summed E-state index contributed by atoms with van der Waals surface area (Å²) in [6.07, 6.45) is 3.74. The van der Waals surface area contributed by atoms with Gasteiger partial charge in [0.1, 0.15) is 12.4 Å². The summed E-state index contributed by atoms with van der Waals surface area (Å²) < 4.78 is 1.72. The molecule has 132 valence electrons. The monoisotopic (exact) mass is 350 g/mol. The largest absolute Gasteiger partial charge is 0.387 e. The van der Waals surface area contributed by atoms with Crippen LogP contribution in [-0.2, 0) is 0 Å². The molecule has 8 heteroatoms. The highest BCUT2D eigenvalue weighted by Crippen LogP contribution is 2.28. The third-order valence-electron chi connectivity index (χ3n) is 4.19. The lowest BCUT2D eigenvalue weighted by atomic mass is 9.96. The summed E-state index contributed by atoms with van der Waals surface area (Å²) in [5.41, 5.74) is 1.66. The van der Waals surface area contributed by atoms with Crippen LogP contribution < -0.4 is 0 Å². The molecule has 3 heterocycles. The number of nitrogens with one attached hydrogen (secondary N) is 1. The van der Waals surface area contributed by atoms with Crippen molar-refractivity contribution in [2.75, 3.05) is 0 Å². The van der Waals surface area contributed by atoms with Crippen LogP contribution in [0.15, 0.2) is 49.1 Å². The SMILES string of the molecule is CC(C)(O)C(O)c1cnc2c(cnn2-c2cccc(-c3nnc[nH]3)c2)c1. The van der Waals surface area contributed by atoms with Crippen LogP contribution in [0.1, 0.15) is 25.5 Å². The van der Waals surface area contributed by atoms with Crippen LogP contribution in [0.3, 0.4) is 0 Å². The third-order valence-corrected chi connectivity index (χ3v) is 4.19. The Hall–Kier alpha value is -3.10. The Bertz CT molecular complexity index is 1050. The van der Waals surface area contributed by atoms with Crippen LogP contribution in [0.5, 0.6) is 0 Å². The van der Waals surface area contributed by atoms with E-state index in [0.29, 0.717) is 17.0 Å². The molecule has 0 aliphatic carbocycles. The van der Waals surface area contributed by atoms with E-state index in [1.54, 1.807) is 37.0 Å². The molecule has 0 saturated heterocycles. The number of fused-ring (bicyclic) bond motifs is 1. The van der Waals surface area contributed by atoms with Gasteiger partial charge in [-0.15, -0.1) is 10.2 Å². The van der Waals surface area contributed by atoms with Gasteiger partial charge in [-0.3, -0.25) is 0 Å². The fourth-order valence-corrected chi connectivity index (χ4v) is 2.82. The molecule has 1 atom stereocenters. The summed E-state index contributed by atoms with van der Waals surface area (Å²) in [4.78, 5) is 7.42. The van der Waals surface area contributed by atoms with Crippen molar-refractivity contribution in [3.63, 3.8) is 0 Å². The van der Waals surface area contributed by atoms with Gasteiger partial charge in [0, 0.05) is 22.7 Å². The maximum Gasteiger partial charge on any atom is 0.162 e. The van der Waals surface area contributed by atoms with E-state index in [-0.39, 0.29) is 0 Å². The number of rotatable bonds is 4. The first kappa shape index (κ1) is 16.4. The van der Waals surface area contributed by atoms with Gasteiger partial charge in [0.25, 0.3) is 0 Å². The van der Waals surface area contributed by atoms with E-state index in [9.17, 15) is 10.2 Å². The predicted octanol–water partition coefficient (Wildman–Crippen LogP) is 2.01. The molecule has 4 aromatic rings. The van der Waals surface area contributed by atoms with Gasteiger partial charge >= 0.3 is 0 Å².